The van der Waals surface area contributed by atoms with Gasteiger partial charge in [0.2, 0.25) is 0 Å². The molecule has 2 aromatic heterocycles. The van der Waals surface area contributed by atoms with Crippen LogP contribution in [-0.4, -0.2) is 25.6 Å². The normalized spacial score (nSPS) is 14.3. The van der Waals surface area contributed by atoms with E-state index in [0.29, 0.717) is 12.1 Å². The first-order valence-electron chi connectivity index (χ1n) is 7.30. The van der Waals surface area contributed by atoms with Crippen LogP contribution in [0.3, 0.4) is 0 Å². The maximum Gasteiger partial charge on any atom is 0.153 e. The molecule has 0 saturated heterocycles. The van der Waals surface area contributed by atoms with Gasteiger partial charge in [0.15, 0.2) is 5.82 Å². The van der Waals surface area contributed by atoms with Gasteiger partial charge >= 0.3 is 0 Å². The average Bonchev–Trinajstić information content (AvgIpc) is 3.12. The largest absolute Gasteiger partial charge is 0.340 e. The summed E-state index contributed by atoms with van der Waals surface area (Å²) < 4.78 is 4.37. The number of carbonyl (C=O) groups excluding carboxylic acids is 1. The molecule has 5 heteroatoms. The van der Waals surface area contributed by atoms with E-state index in [1.54, 1.807) is 0 Å². The van der Waals surface area contributed by atoms with Crippen molar-refractivity contribution in [3.05, 3.63) is 47.7 Å². The maximum absolute atomic E-state index is 11.0. The number of aromatic nitrogens is 4. The summed E-state index contributed by atoms with van der Waals surface area (Å²) in [7, 11) is 0. The van der Waals surface area contributed by atoms with E-state index in [0.717, 1.165) is 41.8 Å². The number of fused-ring (bicyclic) bond motifs is 2. The van der Waals surface area contributed by atoms with Gasteiger partial charge in [-0.15, -0.1) is 10.2 Å². The lowest BCUT2D eigenvalue weighted by Gasteiger charge is -2.15. The zero-order chi connectivity index (χ0) is 14.2. The maximum atomic E-state index is 11.0. The van der Waals surface area contributed by atoms with E-state index in [-0.39, 0.29) is 0 Å². The van der Waals surface area contributed by atoms with Gasteiger partial charge < -0.3 is 9.13 Å². The number of aryl methyl sites for hydroxylation is 1. The number of hydrogen-bond donors (Lipinski definition) is 0. The van der Waals surface area contributed by atoms with Gasteiger partial charge in [0.1, 0.15) is 12.1 Å². The summed E-state index contributed by atoms with van der Waals surface area (Å²) in [5, 5.41) is 9.78. The second-order valence-electron chi connectivity index (χ2n) is 5.52. The molecule has 0 saturated carbocycles. The fraction of sp³-hybridized carbons (Fsp3) is 0.312. The van der Waals surface area contributed by atoms with Gasteiger partial charge in [0.25, 0.3) is 0 Å². The summed E-state index contributed by atoms with van der Waals surface area (Å²) in [6.45, 7) is 1.70. The molecule has 0 radical (unpaired) electrons. The van der Waals surface area contributed by atoms with Crippen LogP contribution in [0.4, 0.5) is 0 Å². The predicted octanol–water partition coefficient (Wildman–Crippen LogP) is 2.43. The molecule has 21 heavy (non-hydrogen) atoms. The third-order valence-electron chi connectivity index (χ3n) is 4.18. The number of aldehydes is 1. The number of carbonyl (C=O) groups is 1. The van der Waals surface area contributed by atoms with E-state index in [1.165, 1.54) is 12.8 Å². The van der Waals surface area contributed by atoms with E-state index in [2.05, 4.69) is 25.4 Å². The van der Waals surface area contributed by atoms with Crippen molar-refractivity contribution in [1.29, 1.82) is 0 Å². The zero-order valence-corrected chi connectivity index (χ0v) is 11.7. The molecule has 5 nitrogen and oxygen atoms in total. The first-order valence-corrected chi connectivity index (χ1v) is 7.30. The summed E-state index contributed by atoms with van der Waals surface area (Å²) >= 11 is 0. The van der Waals surface area contributed by atoms with Crippen molar-refractivity contribution in [2.45, 2.75) is 32.4 Å². The number of rotatable bonds is 3. The molecule has 0 amide bonds. The van der Waals surface area contributed by atoms with Crippen LogP contribution in [-0.2, 0) is 19.5 Å². The average molecular weight is 280 g/mol. The molecule has 0 atom stereocenters. The van der Waals surface area contributed by atoms with Crippen molar-refractivity contribution in [3.63, 3.8) is 0 Å². The Labute approximate surface area is 122 Å². The van der Waals surface area contributed by atoms with Crippen molar-refractivity contribution in [2.24, 2.45) is 0 Å². The van der Waals surface area contributed by atoms with Gasteiger partial charge in [-0.25, -0.2) is 0 Å². The van der Waals surface area contributed by atoms with Crippen LogP contribution >= 0.6 is 0 Å². The van der Waals surface area contributed by atoms with E-state index < -0.39 is 0 Å². The Morgan fingerprint density at radius 2 is 2.14 bits per heavy atom. The van der Waals surface area contributed by atoms with Gasteiger partial charge in [-0.05, 0) is 30.4 Å². The third-order valence-corrected chi connectivity index (χ3v) is 4.18. The zero-order valence-electron chi connectivity index (χ0n) is 11.7. The van der Waals surface area contributed by atoms with Crippen molar-refractivity contribution >= 4 is 17.2 Å². The van der Waals surface area contributed by atoms with Gasteiger partial charge in [0, 0.05) is 30.2 Å². The van der Waals surface area contributed by atoms with Crippen molar-refractivity contribution < 1.29 is 4.79 Å². The highest BCUT2D eigenvalue weighted by Crippen LogP contribution is 2.20. The van der Waals surface area contributed by atoms with E-state index >= 15 is 0 Å². The van der Waals surface area contributed by atoms with Crippen molar-refractivity contribution in [2.75, 3.05) is 0 Å². The van der Waals surface area contributed by atoms with Crippen molar-refractivity contribution in [1.82, 2.24) is 19.3 Å². The quantitative estimate of drug-likeness (QED) is 0.692. The van der Waals surface area contributed by atoms with Crippen molar-refractivity contribution in [3.8, 4) is 0 Å². The monoisotopic (exact) mass is 280 g/mol. The second-order valence-corrected chi connectivity index (χ2v) is 5.52. The van der Waals surface area contributed by atoms with Gasteiger partial charge in [-0.3, -0.25) is 4.79 Å². The van der Waals surface area contributed by atoms with Crippen LogP contribution in [0.1, 0.15) is 34.8 Å². The van der Waals surface area contributed by atoms with Crippen LogP contribution in [0.5, 0.6) is 0 Å². The minimum Gasteiger partial charge on any atom is -0.340 e. The van der Waals surface area contributed by atoms with Crippen LogP contribution in [0.2, 0.25) is 0 Å². The van der Waals surface area contributed by atoms with Crippen LogP contribution in [0.15, 0.2) is 30.5 Å². The standard InChI is InChI=1S/C16H16N4O/c21-11-12-4-5-13-6-8-19(14(13)9-12)10-16-18-17-15-3-1-2-7-20(15)16/h4-6,8-9,11H,1-3,7,10H2. The molecule has 0 spiro atoms. The van der Waals surface area contributed by atoms with Gasteiger partial charge in [-0.2, -0.15) is 0 Å². The number of hydrogen-bond acceptors (Lipinski definition) is 3. The minimum atomic E-state index is 0.693. The molecule has 3 heterocycles. The molecule has 0 fully saturated rings. The summed E-state index contributed by atoms with van der Waals surface area (Å²) in [5.41, 5.74) is 1.76. The van der Waals surface area contributed by atoms with Gasteiger partial charge in [0.05, 0.1) is 6.54 Å². The van der Waals surface area contributed by atoms with E-state index in [4.69, 9.17) is 0 Å². The molecular formula is C16H16N4O. The molecule has 0 unspecified atom stereocenters. The second kappa shape index (κ2) is 4.84. The molecule has 0 N–H and O–H groups in total. The molecule has 106 valence electrons. The molecule has 0 bridgehead atoms. The first-order chi connectivity index (χ1) is 10.3. The lowest BCUT2D eigenvalue weighted by molar-refractivity contribution is 0.112. The molecule has 0 aliphatic carbocycles. The molecular weight excluding hydrogens is 264 g/mol. The third kappa shape index (κ3) is 2.05. The molecule has 3 aromatic rings. The Kier molecular flexibility index (Phi) is 2.84. The summed E-state index contributed by atoms with van der Waals surface area (Å²) in [6.07, 6.45) is 6.35. The molecule has 1 aliphatic heterocycles. The first kappa shape index (κ1) is 12.3. The smallest absolute Gasteiger partial charge is 0.153 e. The molecule has 1 aliphatic rings. The molecule has 1 aromatic carbocycles. The van der Waals surface area contributed by atoms with Crippen LogP contribution in [0.25, 0.3) is 10.9 Å². The Balaban J connectivity index is 1.74. The number of benzene rings is 1. The fourth-order valence-electron chi connectivity index (χ4n) is 3.05. The molecule has 4 rings (SSSR count). The van der Waals surface area contributed by atoms with E-state index in [9.17, 15) is 4.79 Å². The highest BCUT2D eigenvalue weighted by molar-refractivity contribution is 5.87. The SMILES string of the molecule is O=Cc1ccc2ccn(Cc3nnc4n3CCCC4)c2c1. The fourth-order valence-corrected chi connectivity index (χ4v) is 3.05. The predicted molar refractivity (Wildman–Crippen MR) is 79.4 cm³/mol. The summed E-state index contributed by atoms with van der Waals surface area (Å²) in [6, 6.07) is 7.82. The highest BCUT2D eigenvalue weighted by Gasteiger charge is 2.16. The Hall–Kier alpha value is -2.43. The Bertz CT molecular complexity index is 815. The lowest BCUT2D eigenvalue weighted by Crippen LogP contribution is -2.15. The Morgan fingerprint density at radius 3 is 3.05 bits per heavy atom. The Morgan fingerprint density at radius 1 is 1.19 bits per heavy atom. The number of nitrogens with zero attached hydrogens (tertiary/aromatic N) is 4. The lowest BCUT2D eigenvalue weighted by atomic mass is 10.1. The minimum absolute atomic E-state index is 0.693. The summed E-state index contributed by atoms with van der Waals surface area (Å²) in [5.74, 6) is 2.10. The van der Waals surface area contributed by atoms with E-state index in [1.807, 2.05) is 24.4 Å². The van der Waals surface area contributed by atoms with Crippen LogP contribution in [0, 0.1) is 0 Å². The topological polar surface area (TPSA) is 52.7 Å². The van der Waals surface area contributed by atoms with Crippen LogP contribution < -0.4 is 0 Å². The summed E-state index contributed by atoms with van der Waals surface area (Å²) in [4.78, 5) is 11.0. The van der Waals surface area contributed by atoms with Gasteiger partial charge in [-0.1, -0.05) is 12.1 Å². The highest BCUT2D eigenvalue weighted by atomic mass is 16.1.